The van der Waals surface area contributed by atoms with Crippen LogP contribution in [0, 0.1) is 23.7 Å². The average molecular weight is 378 g/mol. The summed E-state index contributed by atoms with van der Waals surface area (Å²) < 4.78 is 38.2. The summed E-state index contributed by atoms with van der Waals surface area (Å²) in [6.07, 6.45) is 0.147. The van der Waals surface area contributed by atoms with Crippen LogP contribution in [0.2, 0.25) is 0 Å². The Kier molecular flexibility index (Phi) is 4.09. The quantitative estimate of drug-likeness (QED) is 0.647. The van der Waals surface area contributed by atoms with Crippen molar-refractivity contribution >= 4 is 23.4 Å². The third kappa shape index (κ3) is 3.02. The lowest BCUT2D eigenvalue weighted by molar-refractivity contribution is -0.141. The molecule has 0 spiro atoms. The Morgan fingerprint density at radius 3 is 2.33 bits per heavy atom. The molecular weight excluding hydrogens is 361 g/mol. The monoisotopic (exact) mass is 378 g/mol. The highest BCUT2D eigenvalue weighted by Crippen LogP contribution is 2.52. The van der Waals surface area contributed by atoms with Crippen molar-refractivity contribution in [2.24, 2.45) is 23.7 Å². The summed E-state index contributed by atoms with van der Waals surface area (Å²) in [5, 5.41) is 2.39. The minimum absolute atomic E-state index is 0.0213. The van der Waals surface area contributed by atoms with Gasteiger partial charge in [0.15, 0.2) is 0 Å². The predicted octanol–water partition coefficient (Wildman–Crippen LogP) is 2.84. The zero-order valence-corrected chi connectivity index (χ0v) is 14.2. The Labute approximate surface area is 153 Å². The van der Waals surface area contributed by atoms with Crippen LogP contribution in [0.4, 0.5) is 18.9 Å². The highest BCUT2D eigenvalue weighted by Gasteiger charge is 2.59. The summed E-state index contributed by atoms with van der Waals surface area (Å²) in [7, 11) is 0. The molecule has 27 heavy (non-hydrogen) atoms. The first kappa shape index (κ1) is 17.8. The van der Waals surface area contributed by atoms with Gasteiger partial charge in [-0.2, -0.15) is 13.2 Å². The van der Waals surface area contributed by atoms with Crippen molar-refractivity contribution in [2.75, 3.05) is 11.9 Å². The molecule has 2 aliphatic carbocycles. The maximum Gasteiger partial charge on any atom is 0.416 e. The Morgan fingerprint density at radius 2 is 1.74 bits per heavy atom. The number of nitrogens with zero attached hydrogens (tertiary/aromatic N) is 1. The normalized spacial score (nSPS) is 28.8. The number of halogens is 3. The summed E-state index contributed by atoms with van der Waals surface area (Å²) >= 11 is 0. The highest BCUT2D eigenvalue weighted by atomic mass is 19.4. The molecule has 4 atom stereocenters. The first-order chi connectivity index (χ1) is 12.8. The number of amides is 3. The maximum atomic E-state index is 12.7. The molecule has 1 aromatic rings. The summed E-state index contributed by atoms with van der Waals surface area (Å²) in [5.74, 6) is -1.48. The second-order valence-corrected chi connectivity index (χ2v) is 7.20. The average Bonchev–Trinajstić information content (AvgIpc) is 3.27. The van der Waals surface area contributed by atoms with Gasteiger partial charge < -0.3 is 5.32 Å². The standard InChI is InChI=1S/C19H17F3N2O3/c20-19(21,22)12-2-1-3-13(9-12)23-14(25)6-7-24-17(26)15-10-4-5-11(8-10)16(15)18(24)27/h1-5,9-11,15-16H,6-8H2,(H,23,25)/t10-,11-,15+,16+/m0/s1. The maximum absolute atomic E-state index is 12.7. The number of alkyl halides is 3. The van der Waals surface area contributed by atoms with Crippen LogP contribution >= 0.6 is 0 Å². The van der Waals surface area contributed by atoms with E-state index in [1.807, 2.05) is 12.2 Å². The third-order valence-corrected chi connectivity index (χ3v) is 5.60. The van der Waals surface area contributed by atoms with Crippen molar-refractivity contribution in [1.82, 2.24) is 4.90 Å². The Balaban J connectivity index is 1.37. The van der Waals surface area contributed by atoms with Gasteiger partial charge in [-0.05, 0) is 36.5 Å². The fraction of sp³-hybridized carbons (Fsp3) is 0.421. The van der Waals surface area contributed by atoms with E-state index in [0.717, 1.165) is 23.5 Å². The number of fused-ring (bicyclic) bond motifs is 5. The molecule has 1 N–H and O–H groups in total. The van der Waals surface area contributed by atoms with Crippen molar-refractivity contribution in [2.45, 2.75) is 19.0 Å². The van der Waals surface area contributed by atoms with Gasteiger partial charge >= 0.3 is 6.18 Å². The molecule has 3 amide bonds. The Hall–Kier alpha value is -2.64. The number of rotatable bonds is 4. The largest absolute Gasteiger partial charge is 0.416 e. The molecule has 142 valence electrons. The lowest BCUT2D eigenvalue weighted by Crippen LogP contribution is -2.35. The number of imide groups is 1. The van der Waals surface area contributed by atoms with Crippen molar-refractivity contribution in [3.8, 4) is 0 Å². The molecule has 1 aliphatic heterocycles. The van der Waals surface area contributed by atoms with Crippen LogP contribution in [0.15, 0.2) is 36.4 Å². The summed E-state index contributed by atoms with van der Waals surface area (Å²) in [6.45, 7) is -0.0606. The van der Waals surface area contributed by atoms with E-state index in [-0.39, 0.29) is 54.1 Å². The first-order valence-electron chi connectivity index (χ1n) is 8.76. The molecule has 1 aromatic carbocycles. The summed E-state index contributed by atoms with van der Waals surface area (Å²) in [6, 6.07) is 4.32. The SMILES string of the molecule is O=C(CCN1C(=O)[C@H]2[C@H](C1=O)[C@H]1C=C[C@H]2C1)Nc1cccc(C(F)(F)F)c1. The van der Waals surface area contributed by atoms with E-state index < -0.39 is 17.6 Å². The van der Waals surface area contributed by atoms with Gasteiger partial charge in [-0.25, -0.2) is 0 Å². The predicted molar refractivity (Wildman–Crippen MR) is 89.1 cm³/mol. The van der Waals surface area contributed by atoms with E-state index in [4.69, 9.17) is 0 Å². The minimum atomic E-state index is -4.50. The molecule has 0 radical (unpaired) electrons. The smallest absolute Gasteiger partial charge is 0.326 e. The fourth-order valence-electron chi connectivity index (χ4n) is 4.39. The van der Waals surface area contributed by atoms with Crippen LogP contribution < -0.4 is 5.32 Å². The van der Waals surface area contributed by atoms with Gasteiger partial charge in [0.05, 0.1) is 17.4 Å². The molecule has 0 unspecified atom stereocenters. The number of likely N-dealkylation sites (tertiary alicyclic amines) is 1. The van der Waals surface area contributed by atoms with Crippen molar-refractivity contribution in [3.05, 3.63) is 42.0 Å². The lowest BCUT2D eigenvalue weighted by Gasteiger charge is -2.17. The molecule has 1 saturated heterocycles. The molecule has 2 fully saturated rings. The van der Waals surface area contributed by atoms with E-state index in [2.05, 4.69) is 5.32 Å². The second kappa shape index (κ2) is 6.21. The first-order valence-corrected chi connectivity index (χ1v) is 8.76. The summed E-state index contributed by atoms with van der Waals surface area (Å²) in [4.78, 5) is 38.3. The molecule has 1 heterocycles. The van der Waals surface area contributed by atoms with Crippen LogP contribution in [0.3, 0.4) is 0 Å². The van der Waals surface area contributed by atoms with Crippen molar-refractivity contribution in [3.63, 3.8) is 0 Å². The third-order valence-electron chi connectivity index (χ3n) is 5.60. The van der Waals surface area contributed by atoms with E-state index in [9.17, 15) is 27.6 Å². The molecule has 3 aliphatic rings. The van der Waals surface area contributed by atoms with Gasteiger partial charge in [0.1, 0.15) is 0 Å². The number of carbonyl (C=O) groups is 3. The molecule has 1 saturated carbocycles. The lowest BCUT2D eigenvalue weighted by atomic mass is 9.85. The number of carbonyl (C=O) groups excluding carboxylic acids is 3. The van der Waals surface area contributed by atoms with Gasteiger partial charge in [-0.3, -0.25) is 19.3 Å². The number of benzene rings is 1. The zero-order chi connectivity index (χ0) is 19.3. The van der Waals surface area contributed by atoms with Gasteiger partial charge in [0.25, 0.3) is 0 Å². The second-order valence-electron chi connectivity index (χ2n) is 7.20. The minimum Gasteiger partial charge on any atom is -0.326 e. The molecule has 4 rings (SSSR count). The number of nitrogens with one attached hydrogen (secondary N) is 1. The van der Waals surface area contributed by atoms with Crippen LogP contribution in [0.1, 0.15) is 18.4 Å². The number of hydrogen-bond acceptors (Lipinski definition) is 3. The molecule has 0 aromatic heterocycles. The molecule has 5 nitrogen and oxygen atoms in total. The van der Waals surface area contributed by atoms with Crippen molar-refractivity contribution < 1.29 is 27.6 Å². The van der Waals surface area contributed by atoms with Crippen LogP contribution in [-0.4, -0.2) is 29.2 Å². The molecular formula is C19H17F3N2O3. The van der Waals surface area contributed by atoms with Gasteiger partial charge in [-0.15, -0.1) is 0 Å². The van der Waals surface area contributed by atoms with Crippen LogP contribution in [0.5, 0.6) is 0 Å². The number of allylic oxidation sites excluding steroid dienone is 2. The highest BCUT2D eigenvalue weighted by molar-refractivity contribution is 6.06. The van der Waals surface area contributed by atoms with E-state index in [0.29, 0.717) is 0 Å². The zero-order valence-electron chi connectivity index (χ0n) is 14.2. The Morgan fingerprint density at radius 1 is 1.11 bits per heavy atom. The van der Waals surface area contributed by atoms with Gasteiger partial charge in [0, 0.05) is 18.7 Å². The van der Waals surface area contributed by atoms with Crippen molar-refractivity contribution in [1.29, 1.82) is 0 Å². The van der Waals surface area contributed by atoms with Gasteiger partial charge in [0.2, 0.25) is 17.7 Å². The van der Waals surface area contributed by atoms with E-state index in [1.165, 1.54) is 12.1 Å². The molecule has 8 heteroatoms. The topological polar surface area (TPSA) is 66.5 Å². The van der Waals surface area contributed by atoms with E-state index in [1.54, 1.807) is 0 Å². The number of hydrogen-bond donors (Lipinski definition) is 1. The van der Waals surface area contributed by atoms with E-state index >= 15 is 0 Å². The van der Waals surface area contributed by atoms with Gasteiger partial charge in [-0.1, -0.05) is 18.2 Å². The summed E-state index contributed by atoms with van der Waals surface area (Å²) in [5.41, 5.74) is -0.839. The number of anilines is 1. The Bertz CT molecular complexity index is 819. The van der Waals surface area contributed by atoms with Crippen LogP contribution in [0.25, 0.3) is 0 Å². The molecule has 2 bridgehead atoms. The van der Waals surface area contributed by atoms with Crippen LogP contribution in [-0.2, 0) is 20.6 Å². The fourth-order valence-corrected chi connectivity index (χ4v) is 4.39.